The van der Waals surface area contributed by atoms with Crippen LogP contribution in [0.25, 0.3) is 0 Å². The molecular weight excluding hydrogens is 424 g/mol. The Morgan fingerprint density at radius 2 is 1.86 bits per heavy atom. The highest BCUT2D eigenvalue weighted by atomic mass is 32.2. The van der Waals surface area contributed by atoms with Crippen molar-refractivity contribution in [1.29, 1.82) is 0 Å². The van der Waals surface area contributed by atoms with Crippen LogP contribution in [0.15, 0.2) is 46.5 Å². The maximum atomic E-state index is 13.7. The van der Waals surface area contributed by atoms with E-state index in [4.69, 9.17) is 4.74 Å². The average molecular weight is 443 g/mol. The predicted molar refractivity (Wildman–Crippen MR) is 104 cm³/mol. The van der Waals surface area contributed by atoms with E-state index in [9.17, 15) is 22.0 Å². The number of carbonyl (C=O) groups is 1. The molecule has 1 atom stereocenters. The molecule has 11 heteroatoms. The summed E-state index contributed by atoms with van der Waals surface area (Å²) in [6.07, 6.45) is 1.23. The molecule has 29 heavy (non-hydrogen) atoms. The molecule has 156 valence electrons. The number of hydrogen-bond donors (Lipinski definition) is 1. The number of benzene rings is 1. The highest BCUT2D eigenvalue weighted by molar-refractivity contribution is 8.00. The van der Waals surface area contributed by atoms with E-state index in [0.717, 1.165) is 23.9 Å². The zero-order valence-electron chi connectivity index (χ0n) is 15.5. The number of para-hydroxylation sites is 1. The number of rotatable bonds is 6. The quantitative estimate of drug-likeness (QED) is 0.691. The van der Waals surface area contributed by atoms with Crippen molar-refractivity contribution >= 4 is 33.4 Å². The van der Waals surface area contributed by atoms with Crippen molar-refractivity contribution in [3.05, 3.63) is 48.2 Å². The Morgan fingerprint density at radius 1 is 1.21 bits per heavy atom. The second-order valence-corrected chi connectivity index (χ2v) is 9.49. The second kappa shape index (κ2) is 9.16. The van der Waals surface area contributed by atoms with Gasteiger partial charge in [0, 0.05) is 19.3 Å². The van der Waals surface area contributed by atoms with Crippen LogP contribution in [0, 0.1) is 11.6 Å². The highest BCUT2D eigenvalue weighted by Gasteiger charge is 2.27. The molecule has 1 aromatic heterocycles. The molecule has 1 saturated heterocycles. The number of anilines is 1. The Labute approximate surface area is 171 Å². The molecule has 1 fully saturated rings. The second-order valence-electron chi connectivity index (χ2n) is 6.19. The van der Waals surface area contributed by atoms with Crippen molar-refractivity contribution < 1.29 is 26.7 Å². The summed E-state index contributed by atoms with van der Waals surface area (Å²) in [5.74, 6) is -2.34. The summed E-state index contributed by atoms with van der Waals surface area (Å²) < 4.78 is 59.0. The lowest BCUT2D eigenvalue weighted by Gasteiger charge is -2.25. The Kier molecular flexibility index (Phi) is 6.83. The first-order valence-corrected chi connectivity index (χ1v) is 11.1. The van der Waals surface area contributed by atoms with Gasteiger partial charge in [-0.3, -0.25) is 4.79 Å². The third-order valence-electron chi connectivity index (χ3n) is 4.19. The Bertz CT molecular complexity index is 961. The highest BCUT2D eigenvalue weighted by Crippen LogP contribution is 2.25. The summed E-state index contributed by atoms with van der Waals surface area (Å²) >= 11 is 1.04. The molecule has 0 saturated carbocycles. The van der Waals surface area contributed by atoms with Crippen LogP contribution in [0.4, 0.5) is 14.5 Å². The van der Waals surface area contributed by atoms with E-state index < -0.39 is 38.5 Å². The molecule has 1 unspecified atom stereocenters. The van der Waals surface area contributed by atoms with Crippen LogP contribution in [-0.4, -0.2) is 55.2 Å². The minimum Gasteiger partial charge on any atom is -0.379 e. The van der Waals surface area contributed by atoms with Gasteiger partial charge in [-0.05, 0) is 31.2 Å². The van der Waals surface area contributed by atoms with Gasteiger partial charge in [-0.1, -0.05) is 17.8 Å². The van der Waals surface area contributed by atoms with E-state index in [-0.39, 0.29) is 18.0 Å². The summed E-state index contributed by atoms with van der Waals surface area (Å²) in [6, 6.07) is 6.21. The van der Waals surface area contributed by atoms with Gasteiger partial charge in [-0.25, -0.2) is 22.2 Å². The number of pyridine rings is 1. The molecule has 7 nitrogen and oxygen atoms in total. The van der Waals surface area contributed by atoms with E-state index in [0.29, 0.717) is 18.2 Å². The molecule has 0 spiro atoms. The molecule has 0 bridgehead atoms. The van der Waals surface area contributed by atoms with E-state index in [1.165, 1.54) is 28.7 Å². The molecule has 2 aromatic rings. The summed E-state index contributed by atoms with van der Waals surface area (Å²) in [5.41, 5.74) is -0.509. The average Bonchev–Trinajstić information content (AvgIpc) is 2.71. The Morgan fingerprint density at radius 3 is 2.45 bits per heavy atom. The first kappa shape index (κ1) is 21.6. The fraction of sp³-hybridized carbons (Fsp3) is 0.333. The van der Waals surface area contributed by atoms with Crippen molar-refractivity contribution in [2.75, 3.05) is 31.6 Å². The largest absolute Gasteiger partial charge is 0.379 e. The molecule has 3 rings (SSSR count). The van der Waals surface area contributed by atoms with Crippen molar-refractivity contribution in [2.45, 2.75) is 22.1 Å². The maximum absolute atomic E-state index is 13.7. The van der Waals surface area contributed by atoms with Gasteiger partial charge in [0.25, 0.3) is 0 Å². The lowest BCUT2D eigenvalue weighted by atomic mass is 10.3. The normalized spacial score (nSPS) is 16.4. The van der Waals surface area contributed by atoms with E-state index in [2.05, 4.69) is 10.3 Å². The third kappa shape index (κ3) is 5.10. The van der Waals surface area contributed by atoms with Crippen molar-refractivity contribution in [3.8, 4) is 0 Å². The summed E-state index contributed by atoms with van der Waals surface area (Å²) in [7, 11) is -3.65. The molecule has 1 amide bonds. The summed E-state index contributed by atoms with van der Waals surface area (Å²) in [4.78, 5) is 16.4. The summed E-state index contributed by atoms with van der Waals surface area (Å²) in [5, 5.41) is 1.91. The standard InChI is InChI=1S/C18H19F2N3O4S2/c1-12(18(24)22-17-14(19)3-2-4-15(17)20)28-16-6-5-13(11-21-16)29(25,26)23-7-9-27-10-8-23/h2-6,11-12H,7-10H2,1H3,(H,22,24). The number of carbonyl (C=O) groups excluding carboxylic acids is 1. The zero-order valence-corrected chi connectivity index (χ0v) is 17.1. The number of aromatic nitrogens is 1. The number of morpholine rings is 1. The minimum absolute atomic E-state index is 0.0503. The van der Waals surface area contributed by atoms with Crippen LogP contribution in [0.5, 0.6) is 0 Å². The molecular formula is C18H19F2N3O4S2. The van der Waals surface area contributed by atoms with E-state index >= 15 is 0 Å². The number of nitrogens with one attached hydrogen (secondary N) is 1. The number of hydrogen-bond acceptors (Lipinski definition) is 6. The lowest BCUT2D eigenvalue weighted by molar-refractivity contribution is -0.115. The zero-order chi connectivity index (χ0) is 21.0. The monoisotopic (exact) mass is 443 g/mol. The number of thioether (sulfide) groups is 1. The number of sulfonamides is 1. The topological polar surface area (TPSA) is 88.6 Å². The number of halogens is 2. The van der Waals surface area contributed by atoms with Crippen LogP contribution in [0.3, 0.4) is 0 Å². The molecule has 0 radical (unpaired) electrons. The lowest BCUT2D eigenvalue weighted by Crippen LogP contribution is -2.40. The molecule has 1 N–H and O–H groups in total. The van der Waals surface area contributed by atoms with Gasteiger partial charge >= 0.3 is 0 Å². The van der Waals surface area contributed by atoms with E-state index in [1.54, 1.807) is 6.92 Å². The van der Waals surface area contributed by atoms with Crippen LogP contribution in [0.2, 0.25) is 0 Å². The Balaban J connectivity index is 1.65. The van der Waals surface area contributed by atoms with Crippen molar-refractivity contribution in [2.24, 2.45) is 0 Å². The Hall–Kier alpha value is -2.08. The number of ether oxygens (including phenoxy) is 1. The van der Waals surface area contributed by atoms with Gasteiger partial charge in [-0.15, -0.1) is 0 Å². The smallest absolute Gasteiger partial charge is 0.244 e. The SMILES string of the molecule is CC(Sc1ccc(S(=O)(=O)N2CCOCC2)cn1)C(=O)Nc1c(F)cccc1F. The van der Waals surface area contributed by atoms with Gasteiger partial charge in [-0.2, -0.15) is 4.31 Å². The maximum Gasteiger partial charge on any atom is 0.244 e. The van der Waals surface area contributed by atoms with Gasteiger partial charge in [0.1, 0.15) is 22.2 Å². The van der Waals surface area contributed by atoms with Crippen LogP contribution >= 0.6 is 11.8 Å². The van der Waals surface area contributed by atoms with Gasteiger partial charge < -0.3 is 10.1 Å². The number of nitrogens with zero attached hydrogens (tertiary/aromatic N) is 2. The first-order chi connectivity index (χ1) is 13.8. The van der Waals surface area contributed by atoms with Gasteiger partial charge in [0.15, 0.2) is 0 Å². The molecule has 1 aliphatic rings. The molecule has 2 heterocycles. The van der Waals surface area contributed by atoms with E-state index in [1.807, 2.05) is 0 Å². The van der Waals surface area contributed by atoms with Crippen molar-refractivity contribution in [1.82, 2.24) is 9.29 Å². The van der Waals surface area contributed by atoms with Gasteiger partial charge in [0.05, 0.1) is 23.5 Å². The minimum atomic E-state index is -3.65. The molecule has 1 aromatic carbocycles. The molecule has 0 aliphatic carbocycles. The van der Waals surface area contributed by atoms with Gasteiger partial charge in [0.2, 0.25) is 15.9 Å². The third-order valence-corrected chi connectivity index (χ3v) is 7.13. The predicted octanol–water partition coefficient (Wildman–Crippen LogP) is 2.50. The van der Waals surface area contributed by atoms with Crippen LogP contribution in [-0.2, 0) is 19.6 Å². The fourth-order valence-corrected chi connectivity index (χ4v) is 4.74. The van der Waals surface area contributed by atoms with Crippen LogP contribution in [0.1, 0.15) is 6.92 Å². The van der Waals surface area contributed by atoms with Crippen molar-refractivity contribution in [3.63, 3.8) is 0 Å². The summed E-state index contributed by atoms with van der Waals surface area (Å²) in [6.45, 7) is 2.80. The fourth-order valence-electron chi connectivity index (χ4n) is 2.60. The molecule has 1 aliphatic heterocycles. The van der Waals surface area contributed by atoms with Crippen LogP contribution < -0.4 is 5.32 Å². The number of amides is 1. The first-order valence-electron chi connectivity index (χ1n) is 8.74.